The minimum atomic E-state index is -0.649. The molecule has 120 valence electrons. The highest BCUT2D eigenvalue weighted by Gasteiger charge is 2.24. The number of carbonyl (C=O) groups excluding carboxylic acids is 4. The molecule has 0 aromatic heterocycles. The monoisotopic (exact) mass is 300 g/mol. The summed E-state index contributed by atoms with van der Waals surface area (Å²) in [4.78, 5) is 44.6. The van der Waals surface area contributed by atoms with Crippen molar-refractivity contribution < 1.29 is 28.7 Å². The summed E-state index contributed by atoms with van der Waals surface area (Å²) < 4.78 is 10.1. The third-order valence-electron chi connectivity index (χ3n) is 2.35. The van der Waals surface area contributed by atoms with E-state index in [4.69, 9.17) is 9.47 Å². The van der Waals surface area contributed by atoms with Gasteiger partial charge in [-0.15, -0.1) is 0 Å². The third-order valence-corrected chi connectivity index (χ3v) is 2.35. The van der Waals surface area contributed by atoms with Gasteiger partial charge in [-0.1, -0.05) is 20.8 Å². The van der Waals surface area contributed by atoms with Crippen molar-refractivity contribution in [2.24, 2.45) is 5.41 Å². The molecular weight excluding hydrogens is 276 g/mol. The third kappa shape index (κ3) is 11.8. The number of Topliss-reactive ketones (excluding diaryl/α,β-unsaturated/α-hetero) is 2. The second-order valence-corrected chi connectivity index (χ2v) is 6.32. The molecule has 0 saturated carbocycles. The zero-order valence-electron chi connectivity index (χ0n) is 13.4. The minimum Gasteiger partial charge on any atom is -0.461 e. The summed E-state index contributed by atoms with van der Waals surface area (Å²) >= 11 is 0. The average molecular weight is 300 g/mol. The van der Waals surface area contributed by atoms with Crippen molar-refractivity contribution in [1.29, 1.82) is 0 Å². The van der Waals surface area contributed by atoms with Crippen LogP contribution in [-0.2, 0) is 28.7 Å². The van der Waals surface area contributed by atoms with Gasteiger partial charge in [-0.25, -0.2) is 0 Å². The lowest BCUT2D eigenvalue weighted by Crippen LogP contribution is -2.30. The van der Waals surface area contributed by atoms with Crippen LogP contribution >= 0.6 is 0 Å². The molecule has 6 heteroatoms. The quantitative estimate of drug-likeness (QED) is 0.502. The molecule has 0 aliphatic heterocycles. The fourth-order valence-corrected chi connectivity index (χ4v) is 1.69. The summed E-state index contributed by atoms with van der Waals surface area (Å²) in [6, 6.07) is 0. The van der Waals surface area contributed by atoms with Crippen molar-refractivity contribution in [3.63, 3.8) is 0 Å². The summed E-state index contributed by atoms with van der Waals surface area (Å²) in [6.07, 6.45) is -0.761. The van der Waals surface area contributed by atoms with E-state index in [9.17, 15) is 19.2 Å². The van der Waals surface area contributed by atoms with Crippen LogP contribution in [0.1, 0.15) is 53.9 Å². The molecule has 0 heterocycles. The molecule has 0 aliphatic rings. The Kier molecular flexibility index (Phi) is 7.84. The Hall–Kier alpha value is -1.72. The standard InChI is InChI=1S/C15H24O6/c1-10(16)6-13(18)20-9-12(8-15(3,4)5)21-14(19)7-11(2)17/h12H,6-9H2,1-5H3. The van der Waals surface area contributed by atoms with Crippen LogP contribution in [0.2, 0.25) is 0 Å². The Balaban J connectivity index is 4.52. The van der Waals surface area contributed by atoms with E-state index >= 15 is 0 Å². The van der Waals surface area contributed by atoms with E-state index in [1.165, 1.54) is 13.8 Å². The first-order valence-electron chi connectivity index (χ1n) is 6.83. The summed E-state index contributed by atoms with van der Waals surface area (Å²) in [5.41, 5.74) is -0.145. The van der Waals surface area contributed by atoms with Gasteiger partial charge in [-0.3, -0.25) is 19.2 Å². The van der Waals surface area contributed by atoms with Crippen LogP contribution in [0.3, 0.4) is 0 Å². The number of rotatable bonds is 8. The molecule has 21 heavy (non-hydrogen) atoms. The van der Waals surface area contributed by atoms with E-state index in [2.05, 4.69) is 0 Å². The highest BCUT2D eigenvalue weighted by molar-refractivity contribution is 5.94. The normalized spacial score (nSPS) is 12.4. The van der Waals surface area contributed by atoms with Crippen LogP contribution in [0.25, 0.3) is 0 Å². The van der Waals surface area contributed by atoms with Gasteiger partial charge in [0.2, 0.25) is 0 Å². The molecule has 0 rings (SSSR count). The van der Waals surface area contributed by atoms with Gasteiger partial charge in [-0.2, -0.15) is 0 Å². The molecule has 0 radical (unpaired) electrons. The predicted molar refractivity (Wildman–Crippen MR) is 75.5 cm³/mol. The van der Waals surface area contributed by atoms with Gasteiger partial charge >= 0.3 is 11.9 Å². The Labute approximate surface area is 125 Å². The lowest BCUT2D eigenvalue weighted by Gasteiger charge is -2.25. The first kappa shape index (κ1) is 19.3. The number of ether oxygens (including phenoxy) is 2. The molecule has 0 saturated heterocycles. The summed E-state index contributed by atoms with van der Waals surface area (Å²) in [5.74, 6) is -1.87. The van der Waals surface area contributed by atoms with E-state index in [1.54, 1.807) is 0 Å². The maximum atomic E-state index is 11.5. The van der Waals surface area contributed by atoms with Crippen molar-refractivity contribution in [3.8, 4) is 0 Å². The Morgan fingerprint density at radius 2 is 1.38 bits per heavy atom. The molecule has 0 N–H and O–H groups in total. The minimum absolute atomic E-state index is 0.118. The molecule has 1 atom stereocenters. The Bertz CT molecular complexity index is 405. The van der Waals surface area contributed by atoms with Gasteiger partial charge in [0.05, 0.1) is 0 Å². The van der Waals surface area contributed by atoms with Crippen molar-refractivity contribution >= 4 is 23.5 Å². The zero-order chi connectivity index (χ0) is 16.6. The number of carbonyl (C=O) groups is 4. The molecule has 1 unspecified atom stereocenters. The van der Waals surface area contributed by atoms with E-state index in [0.29, 0.717) is 6.42 Å². The molecule has 0 amide bonds. The topological polar surface area (TPSA) is 86.7 Å². The number of hydrogen-bond donors (Lipinski definition) is 0. The first-order valence-corrected chi connectivity index (χ1v) is 6.83. The van der Waals surface area contributed by atoms with Gasteiger partial charge in [0.25, 0.3) is 0 Å². The predicted octanol–water partition coefficient (Wildman–Crippen LogP) is 1.84. The van der Waals surface area contributed by atoms with E-state index < -0.39 is 18.0 Å². The molecule has 0 aromatic rings. The second-order valence-electron chi connectivity index (χ2n) is 6.32. The molecule has 0 aromatic carbocycles. The smallest absolute Gasteiger partial charge is 0.313 e. The number of hydrogen-bond acceptors (Lipinski definition) is 6. The van der Waals surface area contributed by atoms with Crippen LogP contribution < -0.4 is 0 Å². The van der Waals surface area contributed by atoms with Crippen LogP contribution in [0.5, 0.6) is 0 Å². The Morgan fingerprint density at radius 3 is 1.81 bits per heavy atom. The van der Waals surface area contributed by atoms with Crippen LogP contribution in [0.4, 0.5) is 0 Å². The number of ketones is 2. The van der Waals surface area contributed by atoms with Crippen molar-refractivity contribution in [2.45, 2.75) is 60.0 Å². The SMILES string of the molecule is CC(=O)CC(=O)OCC(CC(C)(C)C)OC(=O)CC(C)=O. The van der Waals surface area contributed by atoms with Gasteiger partial charge in [-0.05, 0) is 25.7 Å². The lowest BCUT2D eigenvalue weighted by atomic mass is 9.89. The maximum Gasteiger partial charge on any atom is 0.313 e. The highest BCUT2D eigenvalue weighted by atomic mass is 16.6. The van der Waals surface area contributed by atoms with E-state index in [1.807, 2.05) is 20.8 Å². The Morgan fingerprint density at radius 1 is 0.905 bits per heavy atom. The maximum absolute atomic E-state index is 11.5. The summed E-state index contributed by atoms with van der Waals surface area (Å²) in [6.45, 7) is 8.34. The first-order chi connectivity index (χ1) is 9.49. The second kappa shape index (κ2) is 8.54. The molecule has 0 bridgehead atoms. The van der Waals surface area contributed by atoms with Crippen molar-refractivity contribution in [3.05, 3.63) is 0 Å². The molecule has 0 aliphatic carbocycles. The molecule has 6 nitrogen and oxygen atoms in total. The zero-order valence-corrected chi connectivity index (χ0v) is 13.4. The lowest BCUT2D eigenvalue weighted by molar-refractivity contribution is -0.162. The van der Waals surface area contributed by atoms with Crippen molar-refractivity contribution in [1.82, 2.24) is 0 Å². The fourth-order valence-electron chi connectivity index (χ4n) is 1.69. The van der Waals surface area contributed by atoms with Gasteiger partial charge in [0, 0.05) is 0 Å². The highest BCUT2D eigenvalue weighted by Crippen LogP contribution is 2.23. The van der Waals surface area contributed by atoms with Crippen LogP contribution in [-0.4, -0.2) is 36.2 Å². The molecular formula is C15H24O6. The summed E-state index contributed by atoms with van der Waals surface area (Å²) in [7, 11) is 0. The summed E-state index contributed by atoms with van der Waals surface area (Å²) in [5, 5.41) is 0. The van der Waals surface area contributed by atoms with E-state index in [0.717, 1.165) is 0 Å². The largest absolute Gasteiger partial charge is 0.461 e. The van der Waals surface area contributed by atoms with Gasteiger partial charge in [0.1, 0.15) is 37.1 Å². The van der Waals surface area contributed by atoms with Crippen LogP contribution in [0.15, 0.2) is 0 Å². The van der Waals surface area contributed by atoms with Gasteiger partial charge in [0.15, 0.2) is 0 Å². The number of esters is 2. The average Bonchev–Trinajstić information content (AvgIpc) is 2.21. The van der Waals surface area contributed by atoms with Crippen LogP contribution in [0, 0.1) is 5.41 Å². The molecule has 0 spiro atoms. The van der Waals surface area contributed by atoms with Gasteiger partial charge < -0.3 is 9.47 Å². The fraction of sp³-hybridized carbons (Fsp3) is 0.733. The van der Waals surface area contributed by atoms with E-state index in [-0.39, 0.29) is 36.4 Å². The van der Waals surface area contributed by atoms with Crippen molar-refractivity contribution in [2.75, 3.05) is 6.61 Å². The molecule has 0 fully saturated rings.